The van der Waals surface area contributed by atoms with Crippen LogP contribution >= 0.6 is 0 Å². The quantitative estimate of drug-likeness (QED) is 0.321. The van der Waals surface area contributed by atoms with Gasteiger partial charge in [-0.25, -0.2) is 23.4 Å². The number of carbonyl (C=O) groups excluding carboxylic acids is 2. The van der Waals surface area contributed by atoms with Crippen molar-refractivity contribution in [1.82, 2.24) is 14.9 Å². The molecule has 3 fully saturated rings. The lowest BCUT2D eigenvalue weighted by Crippen LogP contribution is -2.48. The molecule has 0 spiro atoms. The first-order valence-corrected chi connectivity index (χ1v) is 14.5. The summed E-state index contributed by atoms with van der Waals surface area (Å²) in [6, 6.07) is 4.96. The molecule has 0 radical (unpaired) electrons. The third-order valence-electron chi connectivity index (χ3n) is 8.28. The molecule has 13 nitrogen and oxygen atoms in total. The van der Waals surface area contributed by atoms with Crippen molar-refractivity contribution in [3.63, 3.8) is 0 Å². The molecule has 0 bridgehead atoms. The molecule has 2 saturated heterocycles. The summed E-state index contributed by atoms with van der Waals surface area (Å²) >= 11 is 0. The summed E-state index contributed by atoms with van der Waals surface area (Å²) in [7, 11) is 0. The Bertz CT molecular complexity index is 1750. The number of carbonyl (C=O) groups is 3. The van der Waals surface area contributed by atoms with E-state index in [9.17, 15) is 33.8 Å². The van der Waals surface area contributed by atoms with Crippen LogP contribution in [0.25, 0.3) is 11.0 Å². The highest BCUT2D eigenvalue weighted by molar-refractivity contribution is 5.92. The Morgan fingerprint density at radius 1 is 1.16 bits per heavy atom. The molecule has 2 amide bonds. The van der Waals surface area contributed by atoms with Gasteiger partial charge in [0.2, 0.25) is 11.3 Å². The highest BCUT2D eigenvalue weighted by Crippen LogP contribution is 2.38. The zero-order valence-electron chi connectivity index (χ0n) is 24.3. The van der Waals surface area contributed by atoms with Crippen LogP contribution in [0.4, 0.5) is 25.1 Å². The van der Waals surface area contributed by atoms with E-state index in [0.717, 1.165) is 25.0 Å². The molecule has 1 unspecified atom stereocenters. The van der Waals surface area contributed by atoms with E-state index in [1.54, 1.807) is 9.47 Å². The molecule has 3 N–H and O–H groups in total. The number of carboxylic acid groups (broad SMARTS) is 1. The van der Waals surface area contributed by atoms with Crippen molar-refractivity contribution >= 4 is 40.5 Å². The Labute approximate surface area is 255 Å². The van der Waals surface area contributed by atoms with Gasteiger partial charge < -0.3 is 34.5 Å². The minimum atomic E-state index is -1.39. The van der Waals surface area contributed by atoms with Gasteiger partial charge in [-0.1, -0.05) is 0 Å². The Morgan fingerprint density at radius 2 is 1.89 bits per heavy atom. The average molecular weight is 628 g/mol. The normalized spacial score (nSPS) is 19.5. The molecular weight excluding hydrogens is 596 g/mol. The smallest absolute Gasteiger partial charge is 0.414 e. The zero-order chi connectivity index (χ0) is 32.0. The largest absolute Gasteiger partial charge is 0.488 e. The topological polar surface area (TPSA) is 164 Å². The number of carboxylic acids is 1. The van der Waals surface area contributed by atoms with Crippen LogP contribution in [0.2, 0.25) is 0 Å². The summed E-state index contributed by atoms with van der Waals surface area (Å²) in [5.41, 5.74) is -2.14. The number of piperidine rings is 1. The number of nitrogens with zero attached hydrogens (tertiary/aromatic N) is 4. The number of anilines is 2. The van der Waals surface area contributed by atoms with E-state index in [0.29, 0.717) is 0 Å². The number of benzene rings is 1. The second kappa shape index (κ2) is 11.6. The Balaban J connectivity index is 1.11. The van der Waals surface area contributed by atoms with Gasteiger partial charge in [-0.2, -0.15) is 0 Å². The number of halogens is 2. The van der Waals surface area contributed by atoms with Crippen molar-refractivity contribution in [2.45, 2.75) is 50.4 Å². The van der Waals surface area contributed by atoms with Gasteiger partial charge in [0.15, 0.2) is 23.2 Å². The Hall–Kier alpha value is -4.79. The van der Waals surface area contributed by atoms with Crippen LogP contribution in [-0.2, 0) is 9.53 Å². The summed E-state index contributed by atoms with van der Waals surface area (Å²) in [6.45, 7) is 1.75. The van der Waals surface area contributed by atoms with Gasteiger partial charge in [0.1, 0.15) is 29.5 Å². The van der Waals surface area contributed by atoms with Crippen molar-refractivity contribution in [3.8, 4) is 5.75 Å². The van der Waals surface area contributed by atoms with Gasteiger partial charge in [0, 0.05) is 38.3 Å². The lowest BCUT2D eigenvalue weighted by molar-refractivity contribution is -0.119. The number of aromatic nitrogens is 2. The van der Waals surface area contributed by atoms with E-state index in [-0.39, 0.29) is 85.9 Å². The number of rotatable bonds is 9. The molecule has 6 rings (SSSR count). The molecular formula is C30H31F2N5O8. The van der Waals surface area contributed by atoms with Gasteiger partial charge in [0.05, 0.1) is 24.2 Å². The second-order valence-corrected chi connectivity index (χ2v) is 11.6. The molecule has 1 aliphatic carbocycles. The first-order valence-electron chi connectivity index (χ1n) is 14.5. The monoisotopic (exact) mass is 627 g/mol. The van der Waals surface area contributed by atoms with E-state index < -0.39 is 46.4 Å². The first kappa shape index (κ1) is 30.2. The van der Waals surface area contributed by atoms with Crippen LogP contribution in [0.5, 0.6) is 5.75 Å². The molecule has 3 aliphatic rings. The van der Waals surface area contributed by atoms with Crippen LogP contribution in [0.15, 0.2) is 35.3 Å². The Morgan fingerprint density at radius 3 is 2.53 bits per heavy atom. The van der Waals surface area contributed by atoms with Crippen LogP contribution in [0, 0.1) is 11.6 Å². The second-order valence-electron chi connectivity index (χ2n) is 11.6. The number of cyclic esters (lactones) is 1. The van der Waals surface area contributed by atoms with Crippen molar-refractivity contribution in [3.05, 3.63) is 57.9 Å². The lowest BCUT2D eigenvalue weighted by Gasteiger charge is -2.38. The molecule has 1 aromatic carbocycles. The minimum absolute atomic E-state index is 0.0104. The number of amides is 2. The van der Waals surface area contributed by atoms with Crippen LogP contribution in [-0.4, -0.2) is 82.2 Å². The van der Waals surface area contributed by atoms with Crippen LogP contribution in [0.3, 0.4) is 0 Å². The van der Waals surface area contributed by atoms with Gasteiger partial charge >= 0.3 is 12.1 Å². The molecule has 1 atom stereocenters. The molecule has 4 heterocycles. The van der Waals surface area contributed by atoms with Crippen molar-refractivity contribution < 1.29 is 42.9 Å². The highest BCUT2D eigenvalue weighted by atomic mass is 19.1. The molecule has 1 saturated carbocycles. The summed E-state index contributed by atoms with van der Waals surface area (Å²) in [4.78, 5) is 55.0. The van der Waals surface area contributed by atoms with Crippen molar-refractivity contribution in [2.75, 3.05) is 42.6 Å². The maximum absolute atomic E-state index is 15.3. The minimum Gasteiger partial charge on any atom is -0.488 e. The Kier molecular flexibility index (Phi) is 7.81. The van der Waals surface area contributed by atoms with Gasteiger partial charge in [-0.3, -0.25) is 14.5 Å². The third kappa shape index (κ3) is 6.12. The maximum Gasteiger partial charge on any atom is 0.414 e. The highest BCUT2D eigenvalue weighted by Gasteiger charge is 2.36. The number of aromatic carboxylic acids is 1. The number of aliphatic hydroxyl groups is 1. The fourth-order valence-corrected chi connectivity index (χ4v) is 5.60. The molecule has 45 heavy (non-hydrogen) atoms. The van der Waals surface area contributed by atoms with E-state index in [4.69, 9.17) is 9.47 Å². The summed E-state index contributed by atoms with van der Waals surface area (Å²) < 4.78 is 42.7. The standard InChI is InChI=1S/C30H31F2N5O8/c1-16(38)33-12-19-13-37(29(42)45-19)18-4-5-24(22(31)10-18)44-15-30(43)6-8-35(9-7-30)27-23(32)11-20-25(39)21(28(40)41)14-36(17-2-3-17)26(20)34-27/h4-5,10-11,14,17,19,43H,2-3,6-9,12-13,15H2,1H3,(H,33,38)(H,40,41). The predicted molar refractivity (Wildman–Crippen MR) is 156 cm³/mol. The first-order chi connectivity index (χ1) is 21.4. The van der Waals surface area contributed by atoms with E-state index in [2.05, 4.69) is 10.3 Å². The van der Waals surface area contributed by atoms with Gasteiger partial charge in [-0.15, -0.1) is 0 Å². The van der Waals surface area contributed by atoms with E-state index >= 15 is 4.39 Å². The summed E-state index contributed by atoms with van der Waals surface area (Å²) in [5, 5.41) is 23.1. The van der Waals surface area contributed by atoms with Crippen LogP contribution < -0.4 is 25.3 Å². The van der Waals surface area contributed by atoms with E-state index in [1.165, 1.54) is 30.2 Å². The summed E-state index contributed by atoms with van der Waals surface area (Å²) in [5.74, 6) is -3.32. The number of hydrogen-bond acceptors (Lipinski definition) is 9. The predicted octanol–water partition coefficient (Wildman–Crippen LogP) is 2.58. The van der Waals surface area contributed by atoms with Gasteiger partial charge in [-0.05, 0) is 43.9 Å². The number of fused-ring (bicyclic) bond motifs is 1. The fraction of sp³-hybridized carbons (Fsp3) is 0.433. The van der Waals surface area contributed by atoms with Crippen molar-refractivity contribution in [2.24, 2.45) is 0 Å². The number of nitrogens with one attached hydrogen (secondary N) is 1. The van der Waals surface area contributed by atoms with Gasteiger partial charge in [0.25, 0.3) is 0 Å². The molecule has 15 heteroatoms. The van der Waals surface area contributed by atoms with Crippen molar-refractivity contribution in [1.29, 1.82) is 0 Å². The molecule has 2 aromatic heterocycles. The third-order valence-corrected chi connectivity index (χ3v) is 8.28. The number of ether oxygens (including phenoxy) is 2. The maximum atomic E-state index is 15.3. The van der Waals surface area contributed by atoms with Crippen LogP contribution in [0.1, 0.15) is 49.0 Å². The SMILES string of the molecule is CC(=O)NCC1CN(c2ccc(OCC3(O)CCN(c4nc5c(cc4F)c(=O)c(C(=O)O)cn5C4CC4)CC3)c(F)c2)C(=O)O1. The zero-order valence-corrected chi connectivity index (χ0v) is 24.3. The molecule has 2 aliphatic heterocycles. The average Bonchev–Trinajstić information content (AvgIpc) is 3.77. The fourth-order valence-electron chi connectivity index (χ4n) is 5.60. The summed E-state index contributed by atoms with van der Waals surface area (Å²) in [6.07, 6.45) is 1.89. The molecule has 238 valence electrons. The molecule has 3 aromatic rings. The number of hydrogen-bond donors (Lipinski definition) is 3. The van der Waals surface area contributed by atoms with E-state index in [1.807, 2.05) is 0 Å². The number of pyridine rings is 2. The lowest BCUT2D eigenvalue weighted by atomic mass is 9.92.